The van der Waals surface area contributed by atoms with Gasteiger partial charge in [-0.3, -0.25) is 0 Å². The molecule has 0 aromatic rings. The first-order valence-corrected chi connectivity index (χ1v) is 5.14. The molecule has 0 fully saturated rings. The highest BCUT2D eigenvalue weighted by atomic mass is 13.9. The summed E-state index contributed by atoms with van der Waals surface area (Å²) in [6, 6.07) is 0. The summed E-state index contributed by atoms with van der Waals surface area (Å²) in [5.74, 6) is 0. The lowest BCUT2D eigenvalue weighted by Gasteiger charge is -1.96. The molecule has 1 aliphatic carbocycles. The van der Waals surface area contributed by atoms with E-state index in [1.54, 1.807) is 0 Å². The molecule has 1 aliphatic rings. The van der Waals surface area contributed by atoms with Crippen molar-refractivity contribution in [2.75, 3.05) is 0 Å². The third-order valence-electron chi connectivity index (χ3n) is 1.89. The molecule has 0 heteroatoms. The topological polar surface area (TPSA) is 0 Å². The van der Waals surface area contributed by atoms with Crippen LogP contribution in [0.5, 0.6) is 0 Å². The molecule has 1 rings (SSSR count). The molecule has 0 nitrogen and oxygen atoms in total. The molecule has 0 radical (unpaired) electrons. The summed E-state index contributed by atoms with van der Waals surface area (Å²) in [6.07, 6.45) is 13.2. The summed E-state index contributed by atoms with van der Waals surface area (Å²) in [6.45, 7) is 6.56. The highest BCUT2D eigenvalue weighted by molar-refractivity contribution is 5.18. The lowest BCUT2D eigenvalue weighted by molar-refractivity contribution is 0.772. The zero-order chi connectivity index (χ0) is 9.23. The summed E-state index contributed by atoms with van der Waals surface area (Å²) in [5.41, 5.74) is 1.41. The average Bonchev–Trinajstić information content (AvgIpc) is 2.08. The molecular weight excluding hydrogens is 144 g/mol. The van der Waals surface area contributed by atoms with Gasteiger partial charge in [-0.05, 0) is 19.8 Å². The fourth-order valence-electron chi connectivity index (χ4n) is 1.10. The first-order valence-electron chi connectivity index (χ1n) is 5.14. The van der Waals surface area contributed by atoms with Crippen LogP contribution in [0.2, 0.25) is 0 Å². The van der Waals surface area contributed by atoms with Gasteiger partial charge in [0.25, 0.3) is 0 Å². The van der Waals surface area contributed by atoms with Crippen LogP contribution in [-0.4, -0.2) is 0 Å². The third kappa shape index (κ3) is 7.59. The molecule has 70 valence electrons. The Labute approximate surface area is 77.4 Å². The van der Waals surface area contributed by atoms with Gasteiger partial charge in [-0.1, -0.05) is 56.9 Å². The standard InChI is InChI=1S/C7H10.C5H12/c1-7-5-3-2-4-6-7;1-3-5-4-2/h3,5-6H,2,4H2,1H3;3-5H2,1-2H3. The van der Waals surface area contributed by atoms with Gasteiger partial charge >= 0.3 is 0 Å². The summed E-state index contributed by atoms with van der Waals surface area (Å²) >= 11 is 0. The Morgan fingerprint density at radius 3 is 2.00 bits per heavy atom. The Hall–Kier alpha value is -0.520. The maximum atomic E-state index is 2.26. The Morgan fingerprint density at radius 2 is 1.83 bits per heavy atom. The normalized spacial score (nSPS) is 14.8. The van der Waals surface area contributed by atoms with Crippen molar-refractivity contribution in [1.82, 2.24) is 0 Å². The van der Waals surface area contributed by atoms with Gasteiger partial charge in [0.15, 0.2) is 0 Å². The molecule has 0 aliphatic heterocycles. The number of hydrogen-bond donors (Lipinski definition) is 0. The molecule has 0 saturated heterocycles. The Bertz CT molecular complexity index is 138. The highest BCUT2D eigenvalue weighted by Crippen LogP contribution is 2.06. The predicted molar refractivity (Wildman–Crippen MR) is 57.3 cm³/mol. The van der Waals surface area contributed by atoms with Crippen molar-refractivity contribution in [3.63, 3.8) is 0 Å². The fourth-order valence-corrected chi connectivity index (χ4v) is 1.10. The van der Waals surface area contributed by atoms with Crippen LogP contribution in [0.3, 0.4) is 0 Å². The molecule has 0 spiro atoms. The van der Waals surface area contributed by atoms with E-state index in [1.807, 2.05) is 0 Å². The Balaban J connectivity index is 0.000000217. The van der Waals surface area contributed by atoms with Crippen LogP contribution >= 0.6 is 0 Å². The largest absolute Gasteiger partial charge is 0.0840 e. The van der Waals surface area contributed by atoms with Gasteiger partial charge in [-0.25, -0.2) is 0 Å². The van der Waals surface area contributed by atoms with Crippen LogP contribution in [-0.2, 0) is 0 Å². The van der Waals surface area contributed by atoms with E-state index in [9.17, 15) is 0 Å². The maximum absolute atomic E-state index is 2.26. The zero-order valence-electron chi connectivity index (χ0n) is 8.77. The van der Waals surface area contributed by atoms with E-state index in [0.717, 1.165) is 0 Å². The highest BCUT2D eigenvalue weighted by Gasteiger charge is 1.86. The van der Waals surface area contributed by atoms with Crippen LogP contribution in [0.4, 0.5) is 0 Å². The van der Waals surface area contributed by atoms with E-state index >= 15 is 0 Å². The van der Waals surface area contributed by atoms with Crippen molar-refractivity contribution in [2.45, 2.75) is 52.9 Å². The lowest BCUT2D eigenvalue weighted by Crippen LogP contribution is -1.76. The number of hydrogen-bond acceptors (Lipinski definition) is 0. The van der Waals surface area contributed by atoms with Gasteiger partial charge in [-0.2, -0.15) is 0 Å². The molecule has 0 unspecified atom stereocenters. The molecule has 0 heterocycles. The first kappa shape index (κ1) is 11.5. The van der Waals surface area contributed by atoms with Crippen molar-refractivity contribution in [3.8, 4) is 0 Å². The quantitative estimate of drug-likeness (QED) is 0.567. The van der Waals surface area contributed by atoms with Gasteiger partial charge in [0.05, 0.1) is 0 Å². The number of rotatable bonds is 2. The van der Waals surface area contributed by atoms with Gasteiger partial charge in [0.1, 0.15) is 0 Å². The van der Waals surface area contributed by atoms with Crippen molar-refractivity contribution in [2.24, 2.45) is 0 Å². The molecule has 0 saturated carbocycles. The van der Waals surface area contributed by atoms with Crippen molar-refractivity contribution >= 4 is 0 Å². The molecule has 0 aromatic carbocycles. The van der Waals surface area contributed by atoms with E-state index in [0.29, 0.717) is 0 Å². The van der Waals surface area contributed by atoms with Crippen LogP contribution < -0.4 is 0 Å². The second-order valence-electron chi connectivity index (χ2n) is 3.28. The van der Waals surface area contributed by atoms with E-state index in [2.05, 4.69) is 39.0 Å². The van der Waals surface area contributed by atoms with Crippen molar-refractivity contribution in [3.05, 3.63) is 23.8 Å². The van der Waals surface area contributed by atoms with Gasteiger partial charge in [0, 0.05) is 0 Å². The Kier molecular flexibility index (Phi) is 8.20. The third-order valence-corrected chi connectivity index (χ3v) is 1.89. The second kappa shape index (κ2) is 8.58. The van der Waals surface area contributed by atoms with Crippen molar-refractivity contribution < 1.29 is 0 Å². The van der Waals surface area contributed by atoms with Crippen LogP contribution in [0.1, 0.15) is 52.9 Å². The summed E-state index contributed by atoms with van der Waals surface area (Å²) < 4.78 is 0. The van der Waals surface area contributed by atoms with E-state index in [1.165, 1.54) is 37.7 Å². The minimum Gasteiger partial charge on any atom is -0.0840 e. The average molecular weight is 166 g/mol. The monoisotopic (exact) mass is 166 g/mol. The smallest absolute Gasteiger partial charge is 0.0310 e. The van der Waals surface area contributed by atoms with Gasteiger partial charge in [-0.15, -0.1) is 0 Å². The van der Waals surface area contributed by atoms with E-state index in [-0.39, 0.29) is 0 Å². The number of allylic oxidation sites excluding steroid dienone is 4. The predicted octanol–water partition coefficient (Wildman–Crippen LogP) is 4.48. The minimum atomic E-state index is 1.23. The molecule has 0 N–H and O–H groups in total. The molecule has 0 atom stereocenters. The van der Waals surface area contributed by atoms with Crippen molar-refractivity contribution in [1.29, 1.82) is 0 Å². The fraction of sp³-hybridized carbons (Fsp3) is 0.667. The number of unbranched alkanes of at least 4 members (excludes halogenated alkanes) is 2. The molecule has 0 bridgehead atoms. The minimum absolute atomic E-state index is 1.23. The molecular formula is C12H22. The first-order chi connectivity index (χ1) is 5.81. The summed E-state index contributed by atoms with van der Waals surface area (Å²) in [5, 5.41) is 0. The second-order valence-corrected chi connectivity index (χ2v) is 3.28. The molecule has 0 aromatic heterocycles. The molecule has 12 heavy (non-hydrogen) atoms. The van der Waals surface area contributed by atoms with Crippen LogP contribution in [0, 0.1) is 0 Å². The van der Waals surface area contributed by atoms with Crippen LogP contribution in [0.25, 0.3) is 0 Å². The van der Waals surface area contributed by atoms with Gasteiger partial charge < -0.3 is 0 Å². The van der Waals surface area contributed by atoms with Gasteiger partial charge in [0.2, 0.25) is 0 Å². The van der Waals surface area contributed by atoms with E-state index < -0.39 is 0 Å². The Morgan fingerprint density at radius 1 is 1.17 bits per heavy atom. The SMILES string of the molecule is CC1=CCCC=C1.CCCCC. The van der Waals surface area contributed by atoms with E-state index in [4.69, 9.17) is 0 Å². The zero-order valence-corrected chi connectivity index (χ0v) is 8.77. The summed E-state index contributed by atoms with van der Waals surface area (Å²) in [4.78, 5) is 0. The maximum Gasteiger partial charge on any atom is -0.0310 e. The summed E-state index contributed by atoms with van der Waals surface area (Å²) in [7, 11) is 0. The molecule has 0 amide bonds. The van der Waals surface area contributed by atoms with Crippen LogP contribution in [0.15, 0.2) is 23.8 Å². The lowest BCUT2D eigenvalue weighted by atomic mass is 10.1.